The summed E-state index contributed by atoms with van der Waals surface area (Å²) in [6, 6.07) is 18.5. The smallest absolute Gasteiger partial charge is 0.233 e. The minimum absolute atomic E-state index is 0.180. The molecule has 0 N–H and O–H groups in total. The molecule has 1 amide bonds. The normalized spacial score (nSPS) is 13.8. The number of likely N-dealkylation sites (tertiary alicyclic amines) is 1. The Labute approximate surface area is 169 Å². The van der Waals surface area contributed by atoms with Crippen LogP contribution in [0.3, 0.4) is 0 Å². The summed E-state index contributed by atoms with van der Waals surface area (Å²) in [6.07, 6.45) is 3.21. The van der Waals surface area contributed by atoms with Crippen molar-refractivity contribution in [2.45, 2.75) is 31.3 Å². The van der Waals surface area contributed by atoms with Gasteiger partial charge in [-0.3, -0.25) is 9.36 Å². The molecular formula is C22H24N4OS. The van der Waals surface area contributed by atoms with Crippen LogP contribution in [0.5, 0.6) is 0 Å². The van der Waals surface area contributed by atoms with Gasteiger partial charge >= 0.3 is 0 Å². The lowest BCUT2D eigenvalue weighted by molar-refractivity contribution is -0.127. The molecule has 0 spiro atoms. The van der Waals surface area contributed by atoms with E-state index in [-0.39, 0.29) is 5.91 Å². The number of amides is 1. The number of hydrogen-bond donors (Lipinski definition) is 0. The molecule has 2 heterocycles. The monoisotopic (exact) mass is 392 g/mol. The molecule has 1 fully saturated rings. The number of nitrogens with zero attached hydrogens (tertiary/aromatic N) is 4. The molecule has 0 atom stereocenters. The highest BCUT2D eigenvalue weighted by Gasteiger charge is 2.21. The van der Waals surface area contributed by atoms with Gasteiger partial charge in [0.25, 0.3) is 0 Å². The minimum Gasteiger partial charge on any atom is -0.342 e. The number of carbonyl (C=O) groups excluding carboxylic acids is 1. The third kappa shape index (κ3) is 3.97. The number of carbonyl (C=O) groups is 1. The topological polar surface area (TPSA) is 51.0 Å². The molecule has 144 valence electrons. The van der Waals surface area contributed by atoms with Crippen LogP contribution in [0.2, 0.25) is 0 Å². The standard InChI is InChI=1S/C22H24N4OS/c1-2-17-10-12-19(13-11-17)26-21(18-8-4-3-5-9-18)23-24-22(26)28-16-20(27)25-14-6-7-15-25/h3-5,8-13H,2,6-7,14-16H2,1H3. The summed E-state index contributed by atoms with van der Waals surface area (Å²) in [5.41, 5.74) is 3.31. The van der Waals surface area contributed by atoms with Crippen molar-refractivity contribution in [1.82, 2.24) is 19.7 Å². The van der Waals surface area contributed by atoms with Gasteiger partial charge in [-0.15, -0.1) is 10.2 Å². The molecule has 1 aliphatic rings. The van der Waals surface area contributed by atoms with Crippen LogP contribution in [0.25, 0.3) is 17.1 Å². The maximum Gasteiger partial charge on any atom is 0.233 e. The minimum atomic E-state index is 0.180. The molecule has 6 heteroatoms. The van der Waals surface area contributed by atoms with Gasteiger partial charge in [-0.1, -0.05) is 61.2 Å². The van der Waals surface area contributed by atoms with Crippen molar-refractivity contribution < 1.29 is 4.79 Å². The summed E-state index contributed by atoms with van der Waals surface area (Å²) in [5.74, 6) is 1.36. The van der Waals surface area contributed by atoms with Gasteiger partial charge in [-0.2, -0.15) is 0 Å². The Hall–Kier alpha value is -2.60. The van der Waals surface area contributed by atoms with Crippen molar-refractivity contribution in [2.24, 2.45) is 0 Å². The Morgan fingerprint density at radius 3 is 2.39 bits per heavy atom. The molecule has 0 unspecified atom stereocenters. The molecule has 0 bridgehead atoms. The third-order valence-electron chi connectivity index (χ3n) is 5.05. The molecule has 3 aromatic rings. The van der Waals surface area contributed by atoms with Crippen LogP contribution >= 0.6 is 11.8 Å². The van der Waals surface area contributed by atoms with Gasteiger partial charge < -0.3 is 4.90 Å². The average molecular weight is 393 g/mol. The number of aryl methyl sites for hydroxylation is 1. The second-order valence-electron chi connectivity index (χ2n) is 6.90. The van der Waals surface area contributed by atoms with Crippen LogP contribution in [0.4, 0.5) is 0 Å². The van der Waals surface area contributed by atoms with Crippen LogP contribution in [0.1, 0.15) is 25.3 Å². The van der Waals surface area contributed by atoms with Crippen molar-refractivity contribution in [1.29, 1.82) is 0 Å². The average Bonchev–Trinajstić information content (AvgIpc) is 3.43. The van der Waals surface area contributed by atoms with Crippen molar-refractivity contribution in [2.75, 3.05) is 18.8 Å². The van der Waals surface area contributed by atoms with Gasteiger partial charge in [0.05, 0.1) is 5.75 Å². The first-order valence-corrected chi connectivity index (χ1v) is 10.8. The lowest BCUT2D eigenvalue weighted by Gasteiger charge is -2.15. The van der Waals surface area contributed by atoms with E-state index in [0.717, 1.165) is 54.6 Å². The van der Waals surface area contributed by atoms with E-state index in [2.05, 4.69) is 46.0 Å². The first-order chi connectivity index (χ1) is 13.8. The molecule has 28 heavy (non-hydrogen) atoms. The van der Waals surface area contributed by atoms with Crippen LogP contribution < -0.4 is 0 Å². The molecule has 0 saturated carbocycles. The highest BCUT2D eigenvalue weighted by molar-refractivity contribution is 7.99. The quantitative estimate of drug-likeness (QED) is 0.590. The van der Waals surface area contributed by atoms with Gasteiger partial charge in [-0.05, 0) is 37.0 Å². The van der Waals surface area contributed by atoms with Crippen LogP contribution in [0, 0.1) is 0 Å². The first kappa shape index (κ1) is 18.7. The van der Waals surface area contributed by atoms with Crippen molar-refractivity contribution in [3.63, 3.8) is 0 Å². The molecule has 1 aliphatic heterocycles. The predicted molar refractivity (Wildman–Crippen MR) is 113 cm³/mol. The van der Waals surface area contributed by atoms with E-state index in [9.17, 15) is 4.79 Å². The fraction of sp³-hybridized carbons (Fsp3) is 0.318. The molecule has 5 nitrogen and oxygen atoms in total. The van der Waals surface area contributed by atoms with E-state index >= 15 is 0 Å². The predicted octanol–water partition coefficient (Wildman–Crippen LogP) is 4.21. The number of aromatic nitrogens is 3. The molecule has 0 aliphatic carbocycles. The first-order valence-electron chi connectivity index (χ1n) is 9.77. The van der Waals surface area contributed by atoms with E-state index in [1.54, 1.807) is 0 Å². The fourth-order valence-electron chi connectivity index (χ4n) is 3.44. The molecule has 1 aromatic heterocycles. The van der Waals surface area contributed by atoms with Crippen LogP contribution in [-0.4, -0.2) is 44.4 Å². The maximum absolute atomic E-state index is 12.5. The molecular weight excluding hydrogens is 368 g/mol. The lowest BCUT2D eigenvalue weighted by Crippen LogP contribution is -2.29. The van der Waals surface area contributed by atoms with Crippen molar-refractivity contribution in [3.8, 4) is 17.1 Å². The van der Waals surface area contributed by atoms with Gasteiger partial charge in [0.15, 0.2) is 11.0 Å². The fourth-order valence-corrected chi connectivity index (χ4v) is 4.29. The Kier molecular flexibility index (Phi) is 5.76. The SMILES string of the molecule is CCc1ccc(-n2c(SCC(=O)N3CCCC3)nnc2-c2ccccc2)cc1. The molecule has 1 saturated heterocycles. The lowest BCUT2D eigenvalue weighted by atomic mass is 10.1. The second kappa shape index (κ2) is 8.61. The summed E-state index contributed by atoms with van der Waals surface area (Å²) < 4.78 is 2.05. The Morgan fingerprint density at radius 1 is 1.00 bits per heavy atom. The van der Waals surface area contributed by atoms with E-state index in [1.807, 2.05) is 35.2 Å². The highest BCUT2D eigenvalue weighted by atomic mass is 32.2. The number of hydrogen-bond acceptors (Lipinski definition) is 4. The highest BCUT2D eigenvalue weighted by Crippen LogP contribution is 2.28. The van der Waals surface area contributed by atoms with Crippen LogP contribution in [0.15, 0.2) is 59.8 Å². The Balaban J connectivity index is 1.65. The number of benzene rings is 2. The van der Waals surface area contributed by atoms with Gasteiger partial charge in [-0.25, -0.2) is 0 Å². The maximum atomic E-state index is 12.5. The van der Waals surface area contributed by atoms with Crippen LogP contribution in [-0.2, 0) is 11.2 Å². The molecule has 4 rings (SSSR count). The van der Waals surface area contributed by atoms with E-state index in [4.69, 9.17) is 0 Å². The van der Waals surface area contributed by atoms with Crippen molar-refractivity contribution in [3.05, 3.63) is 60.2 Å². The zero-order valence-corrected chi connectivity index (χ0v) is 16.9. The summed E-state index contributed by atoms with van der Waals surface area (Å²) in [5, 5.41) is 9.61. The van der Waals surface area contributed by atoms with Gasteiger partial charge in [0.2, 0.25) is 5.91 Å². The number of rotatable bonds is 6. The Bertz CT molecular complexity index is 931. The van der Waals surface area contributed by atoms with E-state index in [1.165, 1.54) is 17.3 Å². The van der Waals surface area contributed by atoms with E-state index < -0.39 is 0 Å². The van der Waals surface area contributed by atoms with Gasteiger partial charge in [0.1, 0.15) is 0 Å². The summed E-state index contributed by atoms with van der Waals surface area (Å²) in [4.78, 5) is 14.4. The van der Waals surface area contributed by atoms with Gasteiger partial charge in [0, 0.05) is 24.3 Å². The summed E-state index contributed by atoms with van der Waals surface area (Å²) in [7, 11) is 0. The number of thioether (sulfide) groups is 1. The molecule has 0 radical (unpaired) electrons. The van der Waals surface area contributed by atoms with E-state index in [0.29, 0.717) is 5.75 Å². The largest absolute Gasteiger partial charge is 0.342 e. The Morgan fingerprint density at radius 2 is 1.71 bits per heavy atom. The summed E-state index contributed by atoms with van der Waals surface area (Å²) >= 11 is 1.46. The summed E-state index contributed by atoms with van der Waals surface area (Å²) in [6.45, 7) is 3.90. The van der Waals surface area contributed by atoms with Crippen molar-refractivity contribution >= 4 is 17.7 Å². The second-order valence-corrected chi connectivity index (χ2v) is 7.85. The third-order valence-corrected chi connectivity index (χ3v) is 5.97. The zero-order valence-electron chi connectivity index (χ0n) is 16.0. The molecule has 2 aromatic carbocycles. The zero-order chi connectivity index (χ0) is 19.3.